The molecule has 7 heteroatoms. The fourth-order valence-electron chi connectivity index (χ4n) is 2.43. The third-order valence-corrected chi connectivity index (χ3v) is 17.3. The zero-order valence-electron chi connectivity index (χ0n) is 17.0. The first-order valence-electron chi connectivity index (χ1n) is 8.17. The van der Waals surface area contributed by atoms with E-state index < -0.39 is 23.6 Å². The summed E-state index contributed by atoms with van der Waals surface area (Å²) in [5.41, 5.74) is 0.758. The number of nitrogens with zero attached hydrogens (tertiary/aromatic N) is 1. The topological polar surface area (TPSA) is 46.0 Å². The minimum atomic E-state index is -2.38. The van der Waals surface area contributed by atoms with Crippen molar-refractivity contribution in [2.24, 2.45) is 4.03 Å². The Labute approximate surface area is 144 Å². The molecule has 22 heavy (non-hydrogen) atoms. The summed E-state index contributed by atoms with van der Waals surface area (Å²) < 4.78 is 21.7. The Hall–Kier alpha value is 0.774. The van der Waals surface area contributed by atoms with Gasteiger partial charge < -0.3 is 8.95 Å². The molecular weight excluding hydrogens is 343 g/mol. The van der Waals surface area contributed by atoms with Gasteiger partial charge >= 0.3 is 0 Å². The molecule has 0 amide bonds. The van der Waals surface area contributed by atoms with Crippen molar-refractivity contribution in [3.63, 3.8) is 0 Å². The number of hydrogen-bond donors (Lipinski definition) is 1. The van der Waals surface area contributed by atoms with Crippen LogP contribution in [-0.2, 0) is 15.4 Å². The van der Waals surface area contributed by atoms with Crippen LogP contribution in [0, 0.1) is 0 Å². The zero-order chi connectivity index (χ0) is 18.2. The Morgan fingerprint density at radius 1 is 0.909 bits per heavy atom. The average molecular weight is 384 g/mol. The summed E-state index contributed by atoms with van der Waals surface area (Å²) in [5, 5.41) is -0.336. The Morgan fingerprint density at radius 3 is 1.50 bits per heavy atom. The molecule has 0 aromatic carbocycles. The summed E-state index contributed by atoms with van der Waals surface area (Å²) >= 11 is 0. The van der Waals surface area contributed by atoms with Crippen molar-refractivity contribution >= 4 is 34.5 Å². The molecule has 0 aromatic rings. The van der Waals surface area contributed by atoms with Gasteiger partial charge in [-0.25, -0.2) is 0 Å². The van der Waals surface area contributed by atoms with E-state index in [1.165, 1.54) is 0 Å². The number of quaternary nitrogens is 1. The van der Waals surface area contributed by atoms with Crippen LogP contribution in [0.4, 0.5) is 0 Å². The lowest BCUT2D eigenvalue weighted by Gasteiger charge is -2.41. The summed E-state index contributed by atoms with van der Waals surface area (Å²) in [6.07, 6.45) is 0. The van der Waals surface area contributed by atoms with Crippen LogP contribution < -0.4 is 4.39 Å². The van der Waals surface area contributed by atoms with Crippen molar-refractivity contribution in [3.05, 3.63) is 0 Å². The molecule has 0 spiro atoms. The summed E-state index contributed by atoms with van der Waals surface area (Å²) in [6.45, 7) is 26.8. The minimum Gasteiger partial charge on any atom is -0.337 e. The van der Waals surface area contributed by atoms with Gasteiger partial charge in [-0.1, -0.05) is 41.5 Å². The van der Waals surface area contributed by atoms with Gasteiger partial charge in [0.05, 0.1) is 10.9 Å². The van der Waals surface area contributed by atoms with Gasteiger partial charge in [0.25, 0.3) is 8.24 Å². The molecule has 0 rings (SSSR count). The molecule has 0 bridgehead atoms. The molecule has 0 saturated carbocycles. The van der Waals surface area contributed by atoms with Crippen molar-refractivity contribution in [2.45, 2.75) is 91.1 Å². The lowest BCUT2D eigenvalue weighted by Crippen LogP contribution is -2.98. The highest BCUT2D eigenvalue weighted by Crippen LogP contribution is 2.66. The highest BCUT2D eigenvalue weighted by molar-refractivity contribution is 7.92. The van der Waals surface area contributed by atoms with Crippen molar-refractivity contribution in [3.8, 4) is 0 Å². The van der Waals surface area contributed by atoms with Crippen LogP contribution in [-0.4, -0.2) is 32.3 Å². The third kappa shape index (κ3) is 7.12. The monoisotopic (exact) mass is 383 g/mol. The number of hydrogen-bond acceptors (Lipinski definition) is 2. The Morgan fingerprint density at radius 2 is 1.27 bits per heavy atom. The maximum absolute atomic E-state index is 14.0. The third-order valence-electron chi connectivity index (χ3n) is 3.36. The van der Waals surface area contributed by atoms with Crippen molar-refractivity contribution < 1.29 is 8.95 Å². The maximum Gasteiger partial charge on any atom is 0.285 e. The van der Waals surface area contributed by atoms with Gasteiger partial charge in [-0.3, -0.25) is 4.03 Å². The van der Waals surface area contributed by atoms with Gasteiger partial charge in [-0.2, -0.15) is 0 Å². The van der Waals surface area contributed by atoms with Crippen LogP contribution in [0.1, 0.15) is 41.5 Å². The number of nitrogens with two attached hydrogens (primary N) is 1. The van der Waals surface area contributed by atoms with E-state index >= 15 is 0 Å². The molecule has 2 N–H and O–H groups in total. The van der Waals surface area contributed by atoms with Crippen molar-refractivity contribution in [2.75, 3.05) is 5.49 Å². The van der Waals surface area contributed by atoms with Crippen LogP contribution in [0.2, 0.25) is 39.3 Å². The van der Waals surface area contributed by atoms with E-state index in [1.807, 2.05) is 0 Å². The molecule has 0 fully saturated rings. The fraction of sp³-hybridized carbons (Fsp3) is 1.00. The quantitative estimate of drug-likeness (QED) is 0.535. The van der Waals surface area contributed by atoms with Gasteiger partial charge in [0, 0.05) is 10.3 Å². The van der Waals surface area contributed by atoms with Crippen LogP contribution in [0.15, 0.2) is 4.03 Å². The average Bonchev–Trinajstić information content (AvgIpc) is 2.06. The molecule has 0 aliphatic carbocycles. The van der Waals surface area contributed by atoms with E-state index in [4.69, 9.17) is 4.03 Å². The fourth-order valence-corrected chi connectivity index (χ4v) is 17.5. The Kier molecular flexibility index (Phi) is 7.19. The molecular formula is C15H40N2OPSSi2+. The Bertz CT molecular complexity index is 448. The molecule has 0 radical (unpaired) electrons. The van der Waals surface area contributed by atoms with E-state index in [0.29, 0.717) is 0 Å². The van der Waals surface area contributed by atoms with E-state index in [0.717, 1.165) is 5.49 Å². The number of rotatable bonds is 5. The van der Waals surface area contributed by atoms with E-state index in [1.54, 1.807) is 0 Å². The summed E-state index contributed by atoms with van der Waals surface area (Å²) in [6, 6.07) is 0. The van der Waals surface area contributed by atoms with Gasteiger partial charge in [0.15, 0.2) is 8.24 Å². The van der Waals surface area contributed by atoms with Crippen LogP contribution >= 0.6 is 7.14 Å². The summed E-state index contributed by atoms with van der Waals surface area (Å²) in [7, 11) is -5.42. The lowest BCUT2D eigenvalue weighted by molar-refractivity contribution is -0.335. The van der Waals surface area contributed by atoms with E-state index in [2.05, 4.69) is 85.2 Å². The first-order chi connectivity index (χ1) is 9.29. The zero-order valence-corrected chi connectivity index (χ0v) is 20.7. The van der Waals surface area contributed by atoms with E-state index in [9.17, 15) is 4.57 Å². The van der Waals surface area contributed by atoms with E-state index in [-0.39, 0.29) is 21.2 Å². The molecule has 1 unspecified atom stereocenters. The van der Waals surface area contributed by atoms with Crippen LogP contribution in [0.5, 0.6) is 0 Å². The first-order valence-corrected chi connectivity index (χ1v) is 18.5. The SMILES string of the molecule is CC(C)(C)P(=O)(CS(=N[Si](C)(C)C)[NH2+][Si](C)(C)C)C(C)(C)C. The molecule has 1 atom stereocenters. The predicted molar refractivity (Wildman–Crippen MR) is 110 cm³/mol. The van der Waals surface area contributed by atoms with Crippen molar-refractivity contribution in [1.29, 1.82) is 0 Å². The highest BCUT2D eigenvalue weighted by Gasteiger charge is 2.48. The second-order valence-electron chi connectivity index (χ2n) is 10.4. The van der Waals surface area contributed by atoms with Gasteiger partial charge in [0.2, 0.25) is 0 Å². The summed E-state index contributed by atoms with van der Waals surface area (Å²) in [4.78, 5) is 0. The molecule has 0 aromatic heterocycles. The molecule has 0 aliphatic heterocycles. The molecule has 134 valence electrons. The first kappa shape index (κ1) is 22.8. The molecule has 0 aliphatic rings. The molecule has 3 nitrogen and oxygen atoms in total. The Balaban J connectivity index is 5.90. The van der Waals surface area contributed by atoms with Crippen LogP contribution in [0.3, 0.4) is 0 Å². The predicted octanol–water partition coefficient (Wildman–Crippen LogP) is 4.85. The molecule has 0 heterocycles. The highest BCUT2D eigenvalue weighted by atomic mass is 32.2. The maximum atomic E-state index is 14.0. The lowest BCUT2D eigenvalue weighted by atomic mass is 10.2. The van der Waals surface area contributed by atoms with Crippen molar-refractivity contribution in [1.82, 2.24) is 0 Å². The van der Waals surface area contributed by atoms with Gasteiger partial charge in [-0.05, 0) is 39.3 Å². The van der Waals surface area contributed by atoms with Crippen LogP contribution in [0.25, 0.3) is 0 Å². The smallest absolute Gasteiger partial charge is 0.285 e. The van der Waals surface area contributed by atoms with Gasteiger partial charge in [0.1, 0.15) is 12.6 Å². The second kappa shape index (κ2) is 6.95. The minimum absolute atomic E-state index is 0.165. The normalized spacial score (nSPS) is 16.9. The standard InChI is InChI=1S/C15H39N2OPSSi2/c1-14(2,3)19(18,15(4,5)6)13-20(16-21(7,8)9)17-22(10,11)12/h13H2,1-12H3,(H,16,17)/p+1. The summed E-state index contributed by atoms with van der Waals surface area (Å²) in [5.74, 6) is 0. The van der Waals surface area contributed by atoms with Gasteiger partial charge in [-0.15, -0.1) is 0 Å². The largest absolute Gasteiger partial charge is 0.337 e. The second-order valence-corrected chi connectivity index (χ2v) is 27.1. The molecule has 0 saturated heterocycles.